The van der Waals surface area contributed by atoms with Crippen LogP contribution in [0.5, 0.6) is 5.75 Å². The minimum atomic E-state index is 0.00575. The zero-order valence-corrected chi connectivity index (χ0v) is 11.3. The number of methoxy groups -OCH3 is 1. The average molecular weight is 249 g/mol. The van der Waals surface area contributed by atoms with Gasteiger partial charge in [0.05, 0.1) is 19.3 Å². The molecule has 1 aliphatic rings. The minimum Gasteiger partial charge on any atom is -0.497 e. The highest BCUT2D eigenvalue weighted by Gasteiger charge is 2.26. The van der Waals surface area contributed by atoms with Gasteiger partial charge in [0.1, 0.15) is 5.75 Å². The van der Waals surface area contributed by atoms with Crippen molar-refractivity contribution < 1.29 is 9.47 Å². The van der Waals surface area contributed by atoms with Crippen LogP contribution in [0.4, 0.5) is 0 Å². The molecule has 0 aromatic heterocycles. The Balaban J connectivity index is 2.09. The van der Waals surface area contributed by atoms with E-state index in [9.17, 15) is 0 Å². The molecule has 0 heterocycles. The monoisotopic (exact) mass is 249 g/mol. The van der Waals surface area contributed by atoms with Crippen LogP contribution >= 0.6 is 0 Å². The summed E-state index contributed by atoms with van der Waals surface area (Å²) in [5.41, 5.74) is 7.34. The lowest BCUT2D eigenvalue weighted by Gasteiger charge is -2.33. The number of ether oxygens (including phenoxy) is 2. The summed E-state index contributed by atoms with van der Waals surface area (Å²) in [6.07, 6.45) is 4.94. The van der Waals surface area contributed by atoms with Gasteiger partial charge < -0.3 is 15.2 Å². The van der Waals surface area contributed by atoms with Crippen molar-refractivity contribution in [2.75, 3.05) is 7.11 Å². The van der Waals surface area contributed by atoms with Crippen molar-refractivity contribution in [1.82, 2.24) is 0 Å². The highest BCUT2D eigenvalue weighted by atomic mass is 16.5. The van der Waals surface area contributed by atoms with Crippen molar-refractivity contribution in [1.29, 1.82) is 0 Å². The molecule has 1 saturated carbocycles. The highest BCUT2D eigenvalue weighted by Crippen LogP contribution is 2.31. The summed E-state index contributed by atoms with van der Waals surface area (Å²) < 4.78 is 11.3. The maximum absolute atomic E-state index is 6.19. The SMILES string of the molecule is CCC(N)C(OC1CCC1)c1ccc(OC)cc1. The molecule has 3 heteroatoms. The fourth-order valence-corrected chi connectivity index (χ4v) is 2.15. The third kappa shape index (κ3) is 3.03. The van der Waals surface area contributed by atoms with Gasteiger partial charge in [0, 0.05) is 6.04 Å². The summed E-state index contributed by atoms with van der Waals surface area (Å²) in [7, 11) is 1.68. The van der Waals surface area contributed by atoms with Crippen LogP contribution in [-0.2, 0) is 4.74 Å². The largest absolute Gasteiger partial charge is 0.497 e. The van der Waals surface area contributed by atoms with Crippen LogP contribution in [0.2, 0.25) is 0 Å². The Hall–Kier alpha value is -1.06. The fourth-order valence-electron chi connectivity index (χ4n) is 2.15. The van der Waals surface area contributed by atoms with E-state index in [1.165, 1.54) is 19.3 Å². The molecule has 1 aromatic carbocycles. The van der Waals surface area contributed by atoms with E-state index in [1.54, 1.807) is 7.11 Å². The van der Waals surface area contributed by atoms with Crippen molar-refractivity contribution >= 4 is 0 Å². The maximum Gasteiger partial charge on any atom is 0.118 e. The Morgan fingerprint density at radius 1 is 1.28 bits per heavy atom. The lowest BCUT2D eigenvalue weighted by molar-refractivity contribution is -0.0638. The van der Waals surface area contributed by atoms with Crippen LogP contribution in [0.25, 0.3) is 0 Å². The number of hydrogen-bond donors (Lipinski definition) is 1. The Morgan fingerprint density at radius 2 is 1.94 bits per heavy atom. The molecule has 1 aliphatic carbocycles. The van der Waals surface area contributed by atoms with Gasteiger partial charge >= 0.3 is 0 Å². The van der Waals surface area contributed by atoms with Crippen LogP contribution in [-0.4, -0.2) is 19.3 Å². The van der Waals surface area contributed by atoms with Gasteiger partial charge in [0.15, 0.2) is 0 Å². The second-order valence-electron chi connectivity index (χ2n) is 4.95. The molecule has 3 nitrogen and oxygen atoms in total. The Labute approximate surface area is 109 Å². The van der Waals surface area contributed by atoms with Gasteiger partial charge in [-0.05, 0) is 43.4 Å². The molecule has 0 saturated heterocycles. The number of benzene rings is 1. The molecular weight excluding hydrogens is 226 g/mol. The lowest BCUT2D eigenvalue weighted by Crippen LogP contribution is -2.34. The maximum atomic E-state index is 6.19. The van der Waals surface area contributed by atoms with E-state index >= 15 is 0 Å². The molecule has 18 heavy (non-hydrogen) atoms. The molecule has 0 amide bonds. The summed E-state index contributed by atoms with van der Waals surface area (Å²) in [4.78, 5) is 0. The topological polar surface area (TPSA) is 44.5 Å². The Morgan fingerprint density at radius 3 is 2.39 bits per heavy atom. The first-order chi connectivity index (χ1) is 8.74. The highest BCUT2D eigenvalue weighted by molar-refractivity contribution is 5.29. The van der Waals surface area contributed by atoms with E-state index < -0.39 is 0 Å². The average Bonchev–Trinajstić information content (AvgIpc) is 2.37. The fraction of sp³-hybridized carbons (Fsp3) is 0.600. The van der Waals surface area contributed by atoms with E-state index in [0.29, 0.717) is 6.10 Å². The molecular formula is C15H23NO2. The molecule has 0 spiro atoms. The molecule has 2 atom stereocenters. The molecule has 0 radical (unpaired) electrons. The summed E-state index contributed by atoms with van der Waals surface area (Å²) >= 11 is 0. The first-order valence-electron chi connectivity index (χ1n) is 6.79. The Kier molecular flexibility index (Phi) is 4.61. The van der Waals surface area contributed by atoms with Crippen molar-refractivity contribution in [3.05, 3.63) is 29.8 Å². The molecule has 2 N–H and O–H groups in total. The third-order valence-corrected chi connectivity index (χ3v) is 3.70. The molecule has 2 unspecified atom stereocenters. The molecule has 2 rings (SSSR count). The van der Waals surface area contributed by atoms with Gasteiger partial charge in [0.2, 0.25) is 0 Å². The molecule has 1 aromatic rings. The summed E-state index contributed by atoms with van der Waals surface area (Å²) in [5.74, 6) is 0.867. The van der Waals surface area contributed by atoms with Crippen LogP contribution in [0.15, 0.2) is 24.3 Å². The summed E-state index contributed by atoms with van der Waals surface area (Å²) in [6, 6.07) is 8.10. The van der Waals surface area contributed by atoms with Gasteiger partial charge in [-0.2, -0.15) is 0 Å². The number of rotatable bonds is 6. The van der Waals surface area contributed by atoms with Crippen LogP contribution < -0.4 is 10.5 Å². The first-order valence-corrected chi connectivity index (χ1v) is 6.79. The molecule has 1 fully saturated rings. The van der Waals surface area contributed by atoms with E-state index in [-0.39, 0.29) is 12.1 Å². The van der Waals surface area contributed by atoms with E-state index in [2.05, 4.69) is 19.1 Å². The molecule has 100 valence electrons. The van der Waals surface area contributed by atoms with Gasteiger partial charge in [-0.25, -0.2) is 0 Å². The predicted molar refractivity (Wildman–Crippen MR) is 72.7 cm³/mol. The van der Waals surface area contributed by atoms with Crippen molar-refractivity contribution in [3.63, 3.8) is 0 Å². The molecule has 0 bridgehead atoms. The Bertz CT molecular complexity index is 359. The van der Waals surface area contributed by atoms with Crippen molar-refractivity contribution in [3.8, 4) is 5.75 Å². The smallest absolute Gasteiger partial charge is 0.118 e. The second-order valence-corrected chi connectivity index (χ2v) is 4.95. The summed E-state index contributed by atoms with van der Waals surface area (Å²) in [5, 5.41) is 0. The number of nitrogens with two attached hydrogens (primary N) is 1. The zero-order valence-electron chi connectivity index (χ0n) is 11.3. The summed E-state index contributed by atoms with van der Waals surface area (Å²) in [6.45, 7) is 2.10. The molecule has 0 aliphatic heterocycles. The number of hydrogen-bond acceptors (Lipinski definition) is 3. The standard InChI is InChI=1S/C15H23NO2/c1-3-14(16)15(18-13-5-4-6-13)11-7-9-12(17-2)10-8-11/h7-10,13-15H,3-6,16H2,1-2H3. The minimum absolute atomic E-state index is 0.00575. The van der Waals surface area contributed by atoms with Gasteiger partial charge in [-0.3, -0.25) is 0 Å². The van der Waals surface area contributed by atoms with Crippen molar-refractivity contribution in [2.24, 2.45) is 5.73 Å². The van der Waals surface area contributed by atoms with Crippen LogP contribution in [0.3, 0.4) is 0 Å². The first kappa shape index (κ1) is 13.4. The van der Waals surface area contributed by atoms with Gasteiger partial charge in [-0.15, -0.1) is 0 Å². The quantitative estimate of drug-likeness (QED) is 0.842. The predicted octanol–water partition coefficient (Wildman–Crippen LogP) is 3.04. The third-order valence-electron chi connectivity index (χ3n) is 3.70. The lowest BCUT2D eigenvalue weighted by atomic mass is 9.94. The second kappa shape index (κ2) is 6.21. The van der Waals surface area contributed by atoms with Gasteiger partial charge in [-0.1, -0.05) is 19.1 Å². The van der Waals surface area contributed by atoms with Crippen LogP contribution in [0.1, 0.15) is 44.3 Å². The zero-order chi connectivity index (χ0) is 13.0. The normalized spacial score (nSPS) is 19.1. The van der Waals surface area contributed by atoms with Gasteiger partial charge in [0.25, 0.3) is 0 Å². The van der Waals surface area contributed by atoms with E-state index in [0.717, 1.165) is 17.7 Å². The van der Waals surface area contributed by atoms with Crippen LogP contribution in [0, 0.1) is 0 Å². The van der Waals surface area contributed by atoms with E-state index in [4.69, 9.17) is 15.2 Å². The van der Waals surface area contributed by atoms with E-state index in [1.807, 2.05) is 12.1 Å². The van der Waals surface area contributed by atoms with Crippen molar-refractivity contribution in [2.45, 2.75) is 50.9 Å².